The van der Waals surface area contributed by atoms with E-state index in [1.165, 1.54) is 289 Å². The Labute approximate surface area is 500 Å². The van der Waals surface area contributed by atoms with Crippen LogP contribution in [-0.2, 0) is 19.1 Å². The summed E-state index contributed by atoms with van der Waals surface area (Å²) in [4.78, 5) is 24.6. The van der Waals surface area contributed by atoms with Gasteiger partial charge in [0.25, 0.3) is 0 Å². The molecular formula is C75H138O5. The highest BCUT2D eigenvalue weighted by Gasteiger charge is 2.16. The van der Waals surface area contributed by atoms with E-state index in [1.807, 2.05) is 0 Å². The Bertz CT molecular complexity index is 1360. The Morgan fingerprint density at radius 3 is 0.812 bits per heavy atom. The molecular weight excluding hydrogens is 981 g/mol. The van der Waals surface area contributed by atoms with E-state index in [1.54, 1.807) is 0 Å². The number of carbonyl (C=O) groups is 2. The molecule has 5 nitrogen and oxygen atoms in total. The first-order chi connectivity index (χ1) is 39.6. The Morgan fingerprint density at radius 2 is 0.537 bits per heavy atom. The summed E-state index contributed by atoms with van der Waals surface area (Å²) in [5, 5.41) is 9.69. The van der Waals surface area contributed by atoms with Gasteiger partial charge in [-0.25, -0.2) is 0 Å². The monoisotopic (exact) mass is 1120 g/mol. The number of aliphatic hydroxyl groups is 1. The van der Waals surface area contributed by atoms with Crippen molar-refractivity contribution in [2.24, 2.45) is 0 Å². The second-order valence-electron chi connectivity index (χ2n) is 24.3. The number of unbranched alkanes of at least 4 members (excludes halogenated alkanes) is 49. The van der Waals surface area contributed by atoms with E-state index >= 15 is 0 Å². The molecule has 0 heterocycles. The summed E-state index contributed by atoms with van der Waals surface area (Å²) in [6.07, 6.45) is 97.1. The van der Waals surface area contributed by atoms with E-state index in [0.29, 0.717) is 12.8 Å². The average molecular weight is 1120 g/mol. The van der Waals surface area contributed by atoms with Gasteiger partial charge in [-0.2, -0.15) is 0 Å². The maximum absolute atomic E-state index is 12.3. The van der Waals surface area contributed by atoms with Gasteiger partial charge in [0.05, 0.1) is 6.61 Å². The summed E-state index contributed by atoms with van der Waals surface area (Å²) in [6, 6.07) is 0. The van der Waals surface area contributed by atoms with Crippen LogP contribution in [0.25, 0.3) is 0 Å². The summed E-state index contributed by atoms with van der Waals surface area (Å²) in [5.74, 6) is -0.582. The Hall–Kier alpha value is -2.40. The lowest BCUT2D eigenvalue weighted by Gasteiger charge is -2.15. The van der Waals surface area contributed by atoms with Gasteiger partial charge in [-0.1, -0.05) is 376 Å². The molecule has 0 aliphatic carbocycles. The Balaban J connectivity index is 3.38. The van der Waals surface area contributed by atoms with Crippen LogP contribution < -0.4 is 0 Å². The van der Waals surface area contributed by atoms with Gasteiger partial charge in [-0.15, -0.1) is 0 Å². The molecule has 0 aromatic carbocycles. The minimum absolute atomic E-state index is 0.0663. The van der Waals surface area contributed by atoms with Crippen molar-refractivity contribution in [1.29, 1.82) is 0 Å². The van der Waals surface area contributed by atoms with Crippen molar-refractivity contribution in [1.82, 2.24) is 0 Å². The molecule has 1 unspecified atom stereocenters. The summed E-state index contributed by atoms with van der Waals surface area (Å²) < 4.78 is 10.8. The van der Waals surface area contributed by atoms with Crippen LogP contribution >= 0.6 is 0 Å². The molecule has 0 aromatic rings. The van der Waals surface area contributed by atoms with Crippen molar-refractivity contribution in [3.05, 3.63) is 60.8 Å². The zero-order valence-corrected chi connectivity index (χ0v) is 53.9. The molecule has 468 valence electrons. The molecule has 0 aliphatic heterocycles. The first kappa shape index (κ1) is 77.6. The lowest BCUT2D eigenvalue weighted by molar-refractivity contribution is -0.161. The largest absolute Gasteiger partial charge is 0.462 e. The van der Waals surface area contributed by atoms with Gasteiger partial charge in [-0.3, -0.25) is 9.59 Å². The maximum Gasteiger partial charge on any atom is 0.306 e. The molecule has 0 radical (unpaired) electrons. The van der Waals surface area contributed by atoms with Gasteiger partial charge >= 0.3 is 11.9 Å². The lowest BCUT2D eigenvalue weighted by atomic mass is 10.0. The van der Waals surface area contributed by atoms with Crippen molar-refractivity contribution in [3.63, 3.8) is 0 Å². The first-order valence-corrected chi connectivity index (χ1v) is 35.8. The molecule has 0 fully saturated rings. The predicted molar refractivity (Wildman–Crippen MR) is 353 cm³/mol. The third kappa shape index (κ3) is 68.1. The summed E-state index contributed by atoms with van der Waals surface area (Å²) in [7, 11) is 0. The molecule has 0 aromatic heterocycles. The summed E-state index contributed by atoms with van der Waals surface area (Å²) in [6.45, 7) is 4.07. The number of carbonyl (C=O) groups excluding carboxylic acids is 2. The summed E-state index contributed by atoms with van der Waals surface area (Å²) in [5.41, 5.74) is 0. The van der Waals surface area contributed by atoms with Crippen LogP contribution in [0.4, 0.5) is 0 Å². The van der Waals surface area contributed by atoms with Crippen LogP contribution in [0, 0.1) is 0 Å². The molecule has 0 spiro atoms. The molecule has 0 aliphatic rings. The molecule has 80 heavy (non-hydrogen) atoms. The fraction of sp³-hybridized carbons (Fsp3) is 0.840. The smallest absolute Gasteiger partial charge is 0.306 e. The third-order valence-corrected chi connectivity index (χ3v) is 16.3. The molecule has 0 saturated carbocycles. The number of rotatable bonds is 67. The standard InChI is InChI=1S/C75H138O5/c1-3-5-7-9-11-13-15-17-19-21-23-25-27-29-30-31-32-33-34-35-36-37-38-39-40-41-42-43-44-46-47-49-51-53-55-57-59-61-63-65-67-69-74(77)79-72-73(71-76)80-75(78)70-68-66-64-62-60-58-56-54-52-50-48-45-28-26-24-22-20-18-16-14-12-10-8-6-4-2/h6,8,12,14,18,20,24,26,45,48,73,76H,3-5,7,9-11,13,15-17,19,21-23,25,27-44,46-47,49-72H2,1-2H3/b8-6-,14-12-,20-18-,26-24-,48-45-. The maximum atomic E-state index is 12.3. The first-order valence-electron chi connectivity index (χ1n) is 35.8. The lowest BCUT2D eigenvalue weighted by Crippen LogP contribution is -2.28. The van der Waals surface area contributed by atoms with Crippen molar-refractivity contribution in [2.75, 3.05) is 13.2 Å². The van der Waals surface area contributed by atoms with Crippen LogP contribution in [-0.4, -0.2) is 36.4 Å². The van der Waals surface area contributed by atoms with Gasteiger partial charge in [0.1, 0.15) is 6.61 Å². The van der Waals surface area contributed by atoms with Crippen LogP contribution in [0.2, 0.25) is 0 Å². The summed E-state index contributed by atoms with van der Waals surface area (Å²) >= 11 is 0. The molecule has 5 heteroatoms. The SMILES string of the molecule is CC/C=C\C/C=C\C/C=C\C/C=C\C/C=C\CCCCCCCCCCCC(=O)OC(CO)COC(=O)CCCCCCCCCCCCCCCCCCCCCCCCCCCCCCCCCCCCCCCCCCC. The topological polar surface area (TPSA) is 72.8 Å². The third-order valence-electron chi connectivity index (χ3n) is 16.3. The van der Waals surface area contributed by atoms with E-state index in [9.17, 15) is 14.7 Å². The quantitative estimate of drug-likeness (QED) is 0.0373. The minimum Gasteiger partial charge on any atom is -0.462 e. The van der Waals surface area contributed by atoms with Crippen LogP contribution in [0.1, 0.15) is 386 Å². The highest BCUT2D eigenvalue weighted by molar-refractivity contribution is 5.70. The van der Waals surface area contributed by atoms with E-state index in [2.05, 4.69) is 74.6 Å². The number of allylic oxidation sites excluding steroid dienone is 10. The number of hydrogen-bond acceptors (Lipinski definition) is 5. The zero-order chi connectivity index (χ0) is 57.6. The second-order valence-corrected chi connectivity index (χ2v) is 24.3. The van der Waals surface area contributed by atoms with Gasteiger partial charge in [-0.05, 0) is 57.8 Å². The highest BCUT2D eigenvalue weighted by Crippen LogP contribution is 2.19. The fourth-order valence-electron chi connectivity index (χ4n) is 11.0. The van der Waals surface area contributed by atoms with Crippen LogP contribution in [0.3, 0.4) is 0 Å². The van der Waals surface area contributed by atoms with Crippen molar-refractivity contribution in [3.8, 4) is 0 Å². The van der Waals surface area contributed by atoms with Gasteiger partial charge in [0, 0.05) is 12.8 Å². The number of hydrogen-bond donors (Lipinski definition) is 1. The van der Waals surface area contributed by atoms with Crippen LogP contribution in [0.5, 0.6) is 0 Å². The van der Waals surface area contributed by atoms with Gasteiger partial charge < -0.3 is 14.6 Å². The van der Waals surface area contributed by atoms with E-state index < -0.39 is 6.10 Å². The van der Waals surface area contributed by atoms with Gasteiger partial charge in [0.15, 0.2) is 6.10 Å². The number of ether oxygens (including phenoxy) is 2. The number of aliphatic hydroxyl groups excluding tert-OH is 1. The van der Waals surface area contributed by atoms with Crippen molar-refractivity contribution >= 4 is 11.9 Å². The molecule has 0 rings (SSSR count). The Kier molecular flexibility index (Phi) is 68.7. The molecule has 0 amide bonds. The molecule has 1 atom stereocenters. The average Bonchev–Trinajstić information content (AvgIpc) is 3.46. The minimum atomic E-state index is -0.778. The second kappa shape index (κ2) is 70.9. The van der Waals surface area contributed by atoms with E-state index in [0.717, 1.165) is 70.6 Å². The van der Waals surface area contributed by atoms with Gasteiger partial charge in [0.2, 0.25) is 0 Å². The molecule has 0 saturated heterocycles. The fourth-order valence-corrected chi connectivity index (χ4v) is 11.0. The van der Waals surface area contributed by atoms with E-state index in [4.69, 9.17) is 9.47 Å². The zero-order valence-electron chi connectivity index (χ0n) is 53.9. The van der Waals surface area contributed by atoms with Crippen molar-refractivity contribution < 1.29 is 24.2 Å². The normalized spacial score (nSPS) is 12.5. The van der Waals surface area contributed by atoms with E-state index in [-0.39, 0.29) is 25.2 Å². The molecule has 0 bridgehead atoms. The van der Waals surface area contributed by atoms with Crippen LogP contribution in [0.15, 0.2) is 60.8 Å². The predicted octanol–water partition coefficient (Wildman–Crippen LogP) is 24.9. The van der Waals surface area contributed by atoms with Crippen molar-refractivity contribution in [2.45, 2.75) is 392 Å². The number of esters is 2. The molecule has 1 N–H and O–H groups in total. The highest BCUT2D eigenvalue weighted by atomic mass is 16.6. The Morgan fingerprint density at radius 1 is 0.300 bits per heavy atom.